The zero-order chi connectivity index (χ0) is 19.5. The number of amides is 1. The summed E-state index contributed by atoms with van der Waals surface area (Å²) >= 11 is 0. The second kappa shape index (κ2) is 7.97. The van der Waals surface area contributed by atoms with E-state index in [1.165, 1.54) is 6.07 Å². The molecule has 0 radical (unpaired) electrons. The van der Waals surface area contributed by atoms with Crippen molar-refractivity contribution < 1.29 is 17.6 Å². The van der Waals surface area contributed by atoms with Gasteiger partial charge in [-0.2, -0.15) is 4.31 Å². The van der Waals surface area contributed by atoms with Crippen molar-refractivity contribution in [2.45, 2.75) is 32.6 Å². The molecule has 0 spiro atoms. The van der Waals surface area contributed by atoms with Crippen molar-refractivity contribution in [3.63, 3.8) is 0 Å². The first kappa shape index (κ1) is 20.1. The van der Waals surface area contributed by atoms with E-state index in [-0.39, 0.29) is 18.7 Å². The Balaban J connectivity index is 2.40. The summed E-state index contributed by atoms with van der Waals surface area (Å²) in [5.41, 5.74) is 2.57. The standard InChI is InChI=1S/C19H23FN2O3S/c1-5-22(6-2)26(24,25)18-12-15(9-10-16(18)20)19(23)21-17-11-13(3)7-8-14(17)4/h7-12H,5-6H2,1-4H3,(H,21,23). The Hall–Kier alpha value is -2.25. The highest BCUT2D eigenvalue weighted by Gasteiger charge is 2.26. The van der Waals surface area contributed by atoms with E-state index < -0.39 is 26.6 Å². The maximum atomic E-state index is 14.2. The van der Waals surface area contributed by atoms with Gasteiger partial charge in [0.1, 0.15) is 10.7 Å². The lowest BCUT2D eigenvalue weighted by atomic mass is 10.1. The molecule has 26 heavy (non-hydrogen) atoms. The molecule has 0 heterocycles. The number of hydrogen-bond donors (Lipinski definition) is 1. The van der Waals surface area contributed by atoms with Crippen LogP contribution in [0.25, 0.3) is 0 Å². The average molecular weight is 378 g/mol. The van der Waals surface area contributed by atoms with Gasteiger partial charge in [0.2, 0.25) is 10.0 Å². The number of aryl methyl sites for hydroxylation is 2. The van der Waals surface area contributed by atoms with E-state index in [9.17, 15) is 17.6 Å². The van der Waals surface area contributed by atoms with Crippen molar-refractivity contribution in [1.29, 1.82) is 0 Å². The summed E-state index contributed by atoms with van der Waals surface area (Å²) in [6.07, 6.45) is 0. The van der Waals surface area contributed by atoms with Crippen molar-refractivity contribution in [2.24, 2.45) is 0 Å². The second-order valence-corrected chi connectivity index (χ2v) is 7.91. The molecule has 7 heteroatoms. The van der Waals surface area contributed by atoms with E-state index in [1.807, 2.05) is 32.0 Å². The third kappa shape index (κ3) is 4.11. The minimum Gasteiger partial charge on any atom is -0.322 e. The molecule has 2 aromatic rings. The smallest absolute Gasteiger partial charge is 0.255 e. The first-order chi connectivity index (χ1) is 12.2. The minimum absolute atomic E-state index is 0.0815. The lowest BCUT2D eigenvalue weighted by molar-refractivity contribution is 0.102. The lowest BCUT2D eigenvalue weighted by Crippen LogP contribution is -2.31. The number of halogens is 1. The van der Waals surface area contributed by atoms with Crippen molar-refractivity contribution >= 4 is 21.6 Å². The molecule has 0 aliphatic rings. The highest BCUT2D eigenvalue weighted by Crippen LogP contribution is 2.22. The fraction of sp³-hybridized carbons (Fsp3) is 0.316. The van der Waals surface area contributed by atoms with Crippen LogP contribution in [0, 0.1) is 19.7 Å². The Labute approximate surface area is 153 Å². The quantitative estimate of drug-likeness (QED) is 0.833. The van der Waals surface area contributed by atoms with Crippen molar-refractivity contribution in [3.05, 3.63) is 58.9 Å². The van der Waals surface area contributed by atoms with Gasteiger partial charge in [-0.15, -0.1) is 0 Å². The number of nitrogens with one attached hydrogen (secondary N) is 1. The summed E-state index contributed by atoms with van der Waals surface area (Å²) in [6.45, 7) is 7.55. The molecule has 2 aromatic carbocycles. The molecular weight excluding hydrogens is 355 g/mol. The molecular formula is C19H23FN2O3S. The van der Waals surface area contributed by atoms with Crippen LogP contribution in [0.3, 0.4) is 0 Å². The van der Waals surface area contributed by atoms with Crippen LogP contribution in [0.4, 0.5) is 10.1 Å². The van der Waals surface area contributed by atoms with E-state index in [0.29, 0.717) is 5.69 Å². The van der Waals surface area contributed by atoms with Gasteiger partial charge in [-0.1, -0.05) is 26.0 Å². The molecule has 0 unspecified atom stereocenters. The molecule has 1 amide bonds. The van der Waals surface area contributed by atoms with Gasteiger partial charge < -0.3 is 5.32 Å². The number of hydrogen-bond acceptors (Lipinski definition) is 3. The van der Waals surface area contributed by atoms with Gasteiger partial charge in [-0.05, 0) is 49.2 Å². The van der Waals surface area contributed by atoms with E-state index in [1.54, 1.807) is 13.8 Å². The van der Waals surface area contributed by atoms with Crippen molar-refractivity contribution in [1.82, 2.24) is 4.31 Å². The van der Waals surface area contributed by atoms with Crippen LogP contribution in [0.15, 0.2) is 41.3 Å². The van der Waals surface area contributed by atoms with Crippen LogP contribution in [-0.2, 0) is 10.0 Å². The lowest BCUT2D eigenvalue weighted by Gasteiger charge is -2.19. The highest BCUT2D eigenvalue weighted by molar-refractivity contribution is 7.89. The van der Waals surface area contributed by atoms with E-state index in [0.717, 1.165) is 27.6 Å². The maximum Gasteiger partial charge on any atom is 0.255 e. The predicted octanol–water partition coefficient (Wildman–Crippen LogP) is 3.73. The monoisotopic (exact) mass is 378 g/mol. The Morgan fingerprint density at radius 3 is 2.35 bits per heavy atom. The van der Waals surface area contributed by atoms with Crippen LogP contribution in [0.5, 0.6) is 0 Å². The largest absolute Gasteiger partial charge is 0.322 e. The summed E-state index contributed by atoms with van der Waals surface area (Å²) in [7, 11) is -4.00. The Kier molecular flexibility index (Phi) is 6.15. The number of carbonyl (C=O) groups excluding carboxylic acids is 1. The van der Waals surface area contributed by atoms with Gasteiger partial charge in [-0.3, -0.25) is 4.79 Å². The van der Waals surface area contributed by atoms with Gasteiger partial charge in [0, 0.05) is 24.3 Å². The van der Waals surface area contributed by atoms with Gasteiger partial charge in [0.15, 0.2) is 0 Å². The maximum absolute atomic E-state index is 14.2. The van der Waals surface area contributed by atoms with Crippen LogP contribution in [0.1, 0.15) is 35.3 Å². The molecule has 140 valence electrons. The van der Waals surface area contributed by atoms with Crippen LogP contribution < -0.4 is 5.32 Å². The molecule has 5 nitrogen and oxygen atoms in total. The molecule has 0 atom stereocenters. The number of nitrogens with zero attached hydrogens (tertiary/aromatic N) is 1. The third-order valence-corrected chi connectivity index (χ3v) is 6.22. The van der Waals surface area contributed by atoms with Crippen LogP contribution in [-0.4, -0.2) is 31.7 Å². The Morgan fingerprint density at radius 2 is 1.73 bits per heavy atom. The molecule has 0 aliphatic carbocycles. The van der Waals surface area contributed by atoms with Gasteiger partial charge in [0.05, 0.1) is 0 Å². The molecule has 0 aromatic heterocycles. The summed E-state index contributed by atoms with van der Waals surface area (Å²) in [5.74, 6) is -1.37. The Bertz CT molecular complexity index is 922. The van der Waals surface area contributed by atoms with Crippen molar-refractivity contribution in [3.8, 4) is 0 Å². The van der Waals surface area contributed by atoms with E-state index >= 15 is 0 Å². The fourth-order valence-electron chi connectivity index (χ4n) is 2.61. The summed E-state index contributed by atoms with van der Waals surface area (Å²) in [5, 5.41) is 2.75. The van der Waals surface area contributed by atoms with Crippen LogP contribution in [0.2, 0.25) is 0 Å². The number of sulfonamides is 1. The average Bonchev–Trinajstić information content (AvgIpc) is 2.59. The topological polar surface area (TPSA) is 66.5 Å². The zero-order valence-electron chi connectivity index (χ0n) is 15.3. The molecule has 2 rings (SSSR count). The first-order valence-corrected chi connectivity index (χ1v) is 9.83. The first-order valence-electron chi connectivity index (χ1n) is 8.39. The Morgan fingerprint density at radius 1 is 1.08 bits per heavy atom. The van der Waals surface area contributed by atoms with Gasteiger partial charge in [-0.25, -0.2) is 12.8 Å². The molecule has 0 saturated carbocycles. The summed E-state index contributed by atoms with van der Waals surface area (Å²) in [4.78, 5) is 12.0. The number of rotatable bonds is 6. The normalized spacial score (nSPS) is 11.6. The minimum atomic E-state index is -4.00. The van der Waals surface area contributed by atoms with Gasteiger partial charge >= 0.3 is 0 Å². The molecule has 0 saturated heterocycles. The fourth-order valence-corrected chi connectivity index (χ4v) is 4.16. The van der Waals surface area contributed by atoms with Crippen LogP contribution >= 0.6 is 0 Å². The predicted molar refractivity (Wildman–Crippen MR) is 100 cm³/mol. The third-order valence-electron chi connectivity index (χ3n) is 4.16. The van der Waals surface area contributed by atoms with E-state index in [2.05, 4.69) is 5.32 Å². The SMILES string of the molecule is CCN(CC)S(=O)(=O)c1cc(C(=O)Nc2cc(C)ccc2C)ccc1F. The highest BCUT2D eigenvalue weighted by atomic mass is 32.2. The van der Waals surface area contributed by atoms with Crippen molar-refractivity contribution in [2.75, 3.05) is 18.4 Å². The zero-order valence-corrected chi connectivity index (χ0v) is 16.2. The second-order valence-electron chi connectivity index (χ2n) is 6.01. The summed E-state index contributed by atoms with van der Waals surface area (Å²) in [6, 6.07) is 9.00. The molecule has 1 N–H and O–H groups in total. The molecule has 0 bridgehead atoms. The molecule has 0 aliphatic heterocycles. The summed E-state index contributed by atoms with van der Waals surface area (Å²) < 4.78 is 40.5. The van der Waals surface area contributed by atoms with Gasteiger partial charge in [0.25, 0.3) is 5.91 Å². The molecule has 0 fully saturated rings. The van der Waals surface area contributed by atoms with E-state index in [4.69, 9.17) is 0 Å². The number of carbonyl (C=O) groups is 1. The number of anilines is 1. The number of benzene rings is 2.